The van der Waals surface area contributed by atoms with E-state index < -0.39 is 21.7 Å². The fraction of sp³-hybridized carbons (Fsp3) is 0.500. The van der Waals surface area contributed by atoms with Gasteiger partial charge in [0.1, 0.15) is 0 Å². The van der Waals surface area contributed by atoms with Crippen molar-refractivity contribution in [3.05, 3.63) is 24.3 Å². The zero-order chi connectivity index (χ0) is 15.2. The van der Waals surface area contributed by atoms with Crippen molar-refractivity contribution in [2.75, 3.05) is 17.6 Å². The highest BCUT2D eigenvalue weighted by molar-refractivity contribution is 7.91. The molecule has 0 aliphatic carbocycles. The first-order chi connectivity index (χ1) is 9.42. The number of carboxylic acid groups (broad SMARTS) is 1. The van der Waals surface area contributed by atoms with Crippen molar-refractivity contribution < 1.29 is 18.3 Å². The van der Waals surface area contributed by atoms with E-state index in [1.165, 1.54) is 6.07 Å². The summed E-state index contributed by atoms with van der Waals surface area (Å²) in [6.07, 6.45) is 1.33. The number of rotatable bonds is 8. The zero-order valence-electron chi connectivity index (χ0n) is 11.8. The number of aliphatic carboxylic acids is 1. The Bertz CT molecular complexity index is 554. The van der Waals surface area contributed by atoms with E-state index in [-0.39, 0.29) is 17.2 Å². The molecule has 1 atom stereocenters. The molecule has 0 saturated carbocycles. The van der Waals surface area contributed by atoms with Gasteiger partial charge in [0.2, 0.25) is 0 Å². The SMILES string of the molecule is CCCC(CNc1ccccc1S(=O)(=O)CC)C(=O)O. The lowest BCUT2D eigenvalue weighted by Crippen LogP contribution is -2.23. The fourth-order valence-electron chi connectivity index (χ4n) is 1.93. The normalized spacial score (nSPS) is 12.9. The number of carboxylic acids is 1. The molecule has 0 radical (unpaired) electrons. The third kappa shape index (κ3) is 4.23. The number of carbonyl (C=O) groups is 1. The van der Waals surface area contributed by atoms with Gasteiger partial charge < -0.3 is 10.4 Å². The van der Waals surface area contributed by atoms with Gasteiger partial charge in [-0.25, -0.2) is 8.42 Å². The van der Waals surface area contributed by atoms with Crippen LogP contribution in [0.15, 0.2) is 29.2 Å². The van der Waals surface area contributed by atoms with Crippen LogP contribution in [0, 0.1) is 5.92 Å². The summed E-state index contributed by atoms with van der Waals surface area (Å²) in [7, 11) is -3.32. The summed E-state index contributed by atoms with van der Waals surface area (Å²) in [5, 5.41) is 12.1. The fourth-order valence-corrected chi connectivity index (χ4v) is 3.01. The second kappa shape index (κ2) is 7.28. The molecule has 0 spiro atoms. The first-order valence-corrected chi connectivity index (χ1v) is 8.36. The van der Waals surface area contributed by atoms with Crippen molar-refractivity contribution in [1.82, 2.24) is 0 Å². The number of nitrogens with one attached hydrogen (secondary N) is 1. The number of hydrogen-bond acceptors (Lipinski definition) is 4. The maximum absolute atomic E-state index is 12.0. The Kier molecular flexibility index (Phi) is 6.01. The monoisotopic (exact) mass is 299 g/mol. The van der Waals surface area contributed by atoms with Crippen LogP contribution in [0.3, 0.4) is 0 Å². The van der Waals surface area contributed by atoms with E-state index in [9.17, 15) is 13.2 Å². The van der Waals surface area contributed by atoms with Crippen molar-refractivity contribution in [2.45, 2.75) is 31.6 Å². The predicted octanol–water partition coefficient (Wildman–Crippen LogP) is 2.39. The second-order valence-corrected chi connectivity index (χ2v) is 6.85. The van der Waals surface area contributed by atoms with Gasteiger partial charge >= 0.3 is 5.97 Å². The van der Waals surface area contributed by atoms with Gasteiger partial charge in [0.25, 0.3) is 0 Å². The van der Waals surface area contributed by atoms with Gasteiger partial charge in [-0.3, -0.25) is 4.79 Å². The summed E-state index contributed by atoms with van der Waals surface area (Å²) in [5.41, 5.74) is 0.469. The van der Waals surface area contributed by atoms with Crippen molar-refractivity contribution in [1.29, 1.82) is 0 Å². The van der Waals surface area contributed by atoms with Crippen LogP contribution in [-0.2, 0) is 14.6 Å². The van der Waals surface area contributed by atoms with E-state index in [0.717, 1.165) is 6.42 Å². The van der Waals surface area contributed by atoms with E-state index in [4.69, 9.17) is 5.11 Å². The van der Waals surface area contributed by atoms with E-state index >= 15 is 0 Å². The molecule has 5 nitrogen and oxygen atoms in total. The smallest absolute Gasteiger partial charge is 0.308 e. The summed E-state index contributed by atoms with van der Waals surface area (Å²) < 4.78 is 23.9. The summed E-state index contributed by atoms with van der Waals surface area (Å²) in [5.74, 6) is -1.37. The Morgan fingerprint density at radius 3 is 2.50 bits per heavy atom. The standard InChI is InChI=1S/C14H21NO4S/c1-3-7-11(14(16)17)10-15-12-8-5-6-9-13(12)20(18,19)4-2/h5-6,8-9,11,15H,3-4,7,10H2,1-2H3,(H,16,17). The summed E-state index contributed by atoms with van der Waals surface area (Å²) in [4.78, 5) is 11.3. The lowest BCUT2D eigenvalue weighted by molar-refractivity contribution is -0.141. The second-order valence-electron chi connectivity index (χ2n) is 4.60. The number of hydrogen-bond donors (Lipinski definition) is 2. The van der Waals surface area contributed by atoms with Crippen molar-refractivity contribution in [3.8, 4) is 0 Å². The molecule has 0 heterocycles. The zero-order valence-corrected chi connectivity index (χ0v) is 12.6. The molecule has 20 heavy (non-hydrogen) atoms. The van der Waals surface area contributed by atoms with E-state index in [2.05, 4.69) is 5.32 Å². The summed E-state index contributed by atoms with van der Waals surface area (Å²) in [6.45, 7) is 3.73. The predicted molar refractivity (Wildman–Crippen MR) is 78.7 cm³/mol. The Morgan fingerprint density at radius 2 is 1.95 bits per heavy atom. The first-order valence-electron chi connectivity index (χ1n) is 6.70. The minimum Gasteiger partial charge on any atom is -0.481 e. The van der Waals surface area contributed by atoms with Gasteiger partial charge in [0.05, 0.1) is 22.3 Å². The van der Waals surface area contributed by atoms with Crippen LogP contribution in [0.2, 0.25) is 0 Å². The lowest BCUT2D eigenvalue weighted by Gasteiger charge is -2.15. The van der Waals surface area contributed by atoms with Gasteiger partial charge in [-0.2, -0.15) is 0 Å². The van der Waals surface area contributed by atoms with Crippen LogP contribution in [-0.4, -0.2) is 31.8 Å². The Hall–Kier alpha value is -1.56. The molecule has 2 N–H and O–H groups in total. The van der Waals surface area contributed by atoms with Crippen LogP contribution in [0.25, 0.3) is 0 Å². The summed E-state index contributed by atoms with van der Waals surface area (Å²) >= 11 is 0. The van der Waals surface area contributed by atoms with Crippen molar-refractivity contribution in [2.24, 2.45) is 5.92 Å². The van der Waals surface area contributed by atoms with E-state index in [1.54, 1.807) is 25.1 Å². The topological polar surface area (TPSA) is 83.5 Å². The molecule has 112 valence electrons. The summed E-state index contributed by atoms with van der Waals surface area (Å²) in [6, 6.07) is 6.59. The van der Waals surface area contributed by atoms with Gasteiger partial charge in [-0.15, -0.1) is 0 Å². The third-order valence-electron chi connectivity index (χ3n) is 3.13. The molecule has 0 bridgehead atoms. The number of sulfone groups is 1. The number of benzene rings is 1. The maximum Gasteiger partial charge on any atom is 0.308 e. The first kappa shape index (κ1) is 16.5. The van der Waals surface area contributed by atoms with Crippen LogP contribution in [0.4, 0.5) is 5.69 Å². The quantitative estimate of drug-likeness (QED) is 0.770. The Morgan fingerprint density at radius 1 is 1.30 bits per heavy atom. The van der Waals surface area contributed by atoms with Gasteiger partial charge in [0.15, 0.2) is 9.84 Å². The molecule has 1 unspecified atom stereocenters. The average molecular weight is 299 g/mol. The molecule has 0 saturated heterocycles. The van der Waals surface area contributed by atoms with Crippen LogP contribution in [0.5, 0.6) is 0 Å². The van der Waals surface area contributed by atoms with E-state index in [1.807, 2.05) is 6.92 Å². The van der Waals surface area contributed by atoms with Crippen molar-refractivity contribution in [3.63, 3.8) is 0 Å². The molecule has 1 aromatic carbocycles. The third-order valence-corrected chi connectivity index (χ3v) is 4.91. The molecular formula is C14H21NO4S. The highest BCUT2D eigenvalue weighted by atomic mass is 32.2. The Labute approximate surface area is 119 Å². The largest absolute Gasteiger partial charge is 0.481 e. The molecule has 0 amide bonds. The lowest BCUT2D eigenvalue weighted by atomic mass is 10.0. The van der Waals surface area contributed by atoms with Crippen LogP contribution in [0.1, 0.15) is 26.7 Å². The molecule has 1 rings (SSSR count). The minimum atomic E-state index is -3.32. The van der Waals surface area contributed by atoms with Crippen LogP contribution < -0.4 is 5.32 Å². The maximum atomic E-state index is 12.0. The Balaban J connectivity index is 2.91. The molecule has 6 heteroatoms. The molecule has 0 aliphatic heterocycles. The van der Waals surface area contributed by atoms with Crippen LogP contribution >= 0.6 is 0 Å². The van der Waals surface area contributed by atoms with Gasteiger partial charge in [0, 0.05) is 6.54 Å². The van der Waals surface area contributed by atoms with E-state index in [0.29, 0.717) is 12.1 Å². The molecular weight excluding hydrogens is 278 g/mol. The molecule has 1 aromatic rings. The molecule has 0 fully saturated rings. The number of para-hydroxylation sites is 1. The number of anilines is 1. The van der Waals surface area contributed by atoms with Crippen molar-refractivity contribution >= 4 is 21.5 Å². The molecule has 0 aromatic heterocycles. The van der Waals surface area contributed by atoms with Gasteiger partial charge in [-0.05, 0) is 18.6 Å². The average Bonchev–Trinajstić information content (AvgIpc) is 2.43. The molecule has 0 aliphatic rings. The minimum absolute atomic E-state index is 0.0169. The highest BCUT2D eigenvalue weighted by Crippen LogP contribution is 2.22. The van der Waals surface area contributed by atoms with Gasteiger partial charge in [-0.1, -0.05) is 32.4 Å². The highest BCUT2D eigenvalue weighted by Gasteiger charge is 2.19.